The predicted octanol–water partition coefficient (Wildman–Crippen LogP) is 3.63. The minimum Gasteiger partial charge on any atom is -0.443 e. The Morgan fingerprint density at radius 3 is 2.42 bits per heavy atom. The molecule has 0 atom stereocenters. The number of hydrogen-bond acceptors (Lipinski definition) is 3. The van der Waals surface area contributed by atoms with Gasteiger partial charge in [0.25, 0.3) is 0 Å². The van der Waals surface area contributed by atoms with Crippen LogP contribution in [0.4, 0.5) is 4.79 Å². The van der Waals surface area contributed by atoms with Crippen molar-refractivity contribution in [2.24, 2.45) is 0 Å². The Morgan fingerprint density at radius 2 is 1.84 bits per heavy atom. The van der Waals surface area contributed by atoms with Crippen LogP contribution in [0.1, 0.15) is 38.1 Å². The Hall–Kier alpha value is -2.10. The molecule has 4 nitrogen and oxygen atoms in total. The molecule has 19 heavy (non-hydrogen) atoms. The van der Waals surface area contributed by atoms with Gasteiger partial charge in [0.15, 0.2) is 5.78 Å². The maximum Gasteiger partial charge on any atom is 0.418 e. The van der Waals surface area contributed by atoms with Crippen LogP contribution in [-0.4, -0.2) is 22.0 Å². The van der Waals surface area contributed by atoms with Crippen molar-refractivity contribution < 1.29 is 14.3 Å². The lowest BCUT2D eigenvalue weighted by Crippen LogP contribution is -2.26. The highest BCUT2D eigenvalue weighted by molar-refractivity contribution is 6.07. The first-order valence-electron chi connectivity index (χ1n) is 6.14. The molecule has 1 heterocycles. The number of nitrogens with zero attached hydrogens (tertiary/aromatic N) is 1. The zero-order chi connectivity index (χ0) is 14.2. The van der Waals surface area contributed by atoms with E-state index in [1.807, 2.05) is 20.8 Å². The molecule has 0 N–H and O–H groups in total. The number of benzene rings is 1. The standard InChI is InChI=1S/C15H17NO3/c1-10(17)11-6-5-7-13-12(11)8-9-16(13)14(18)19-15(2,3)4/h5-9H,1-4H3. The van der Waals surface area contributed by atoms with Crippen LogP contribution in [0.25, 0.3) is 10.9 Å². The van der Waals surface area contributed by atoms with Gasteiger partial charge in [-0.1, -0.05) is 12.1 Å². The molecule has 2 aromatic rings. The van der Waals surface area contributed by atoms with E-state index in [9.17, 15) is 9.59 Å². The molecule has 0 aliphatic carbocycles. The third-order valence-corrected chi connectivity index (χ3v) is 2.70. The summed E-state index contributed by atoms with van der Waals surface area (Å²) in [4.78, 5) is 23.6. The van der Waals surface area contributed by atoms with Crippen molar-refractivity contribution in [3.05, 3.63) is 36.0 Å². The third-order valence-electron chi connectivity index (χ3n) is 2.70. The first-order chi connectivity index (χ1) is 8.79. The zero-order valence-electron chi connectivity index (χ0n) is 11.6. The summed E-state index contributed by atoms with van der Waals surface area (Å²) in [6.45, 7) is 6.96. The molecule has 1 aromatic heterocycles. The summed E-state index contributed by atoms with van der Waals surface area (Å²) in [5, 5.41) is 0.765. The van der Waals surface area contributed by atoms with Crippen molar-refractivity contribution in [2.75, 3.05) is 0 Å². The van der Waals surface area contributed by atoms with E-state index in [0.717, 1.165) is 5.39 Å². The largest absolute Gasteiger partial charge is 0.443 e. The molecular formula is C15H17NO3. The average molecular weight is 259 g/mol. The SMILES string of the molecule is CC(=O)c1cccc2c1ccn2C(=O)OC(C)(C)C. The van der Waals surface area contributed by atoms with Gasteiger partial charge in [0.2, 0.25) is 0 Å². The van der Waals surface area contributed by atoms with Gasteiger partial charge in [0.1, 0.15) is 5.60 Å². The number of rotatable bonds is 1. The molecule has 0 bridgehead atoms. The van der Waals surface area contributed by atoms with E-state index < -0.39 is 11.7 Å². The Kier molecular flexibility index (Phi) is 3.18. The number of carbonyl (C=O) groups is 2. The van der Waals surface area contributed by atoms with Gasteiger partial charge in [-0.2, -0.15) is 0 Å². The molecule has 0 radical (unpaired) electrons. The molecule has 0 aliphatic rings. The second-order valence-corrected chi connectivity index (χ2v) is 5.46. The molecule has 0 aliphatic heterocycles. The van der Waals surface area contributed by atoms with E-state index in [4.69, 9.17) is 4.74 Å². The lowest BCUT2D eigenvalue weighted by atomic mass is 10.1. The summed E-state index contributed by atoms with van der Waals surface area (Å²) in [7, 11) is 0. The monoisotopic (exact) mass is 259 g/mol. The van der Waals surface area contributed by atoms with E-state index in [-0.39, 0.29) is 5.78 Å². The fraction of sp³-hybridized carbons (Fsp3) is 0.333. The van der Waals surface area contributed by atoms with Gasteiger partial charge in [-0.25, -0.2) is 4.79 Å². The Morgan fingerprint density at radius 1 is 1.16 bits per heavy atom. The molecule has 0 saturated carbocycles. The number of carbonyl (C=O) groups excluding carboxylic acids is 2. The molecule has 2 rings (SSSR count). The second kappa shape index (κ2) is 4.53. The Bertz CT molecular complexity index is 647. The summed E-state index contributed by atoms with van der Waals surface area (Å²) >= 11 is 0. The van der Waals surface area contributed by atoms with Crippen molar-refractivity contribution >= 4 is 22.8 Å². The molecular weight excluding hydrogens is 242 g/mol. The van der Waals surface area contributed by atoms with Crippen molar-refractivity contribution in [1.82, 2.24) is 4.57 Å². The molecule has 100 valence electrons. The van der Waals surface area contributed by atoms with Crippen LogP contribution in [0.15, 0.2) is 30.5 Å². The highest BCUT2D eigenvalue weighted by atomic mass is 16.6. The molecule has 0 unspecified atom stereocenters. The van der Waals surface area contributed by atoms with Gasteiger partial charge in [0.05, 0.1) is 5.52 Å². The first kappa shape index (κ1) is 13.3. The van der Waals surface area contributed by atoms with E-state index in [1.54, 1.807) is 30.5 Å². The second-order valence-electron chi connectivity index (χ2n) is 5.46. The minimum absolute atomic E-state index is 0.0208. The van der Waals surface area contributed by atoms with Crippen molar-refractivity contribution in [3.63, 3.8) is 0 Å². The van der Waals surface area contributed by atoms with E-state index in [1.165, 1.54) is 11.5 Å². The van der Waals surface area contributed by atoms with Crippen LogP contribution in [0.5, 0.6) is 0 Å². The summed E-state index contributed by atoms with van der Waals surface area (Å²) in [6.07, 6.45) is 1.19. The predicted molar refractivity (Wildman–Crippen MR) is 73.6 cm³/mol. The molecule has 4 heteroatoms. The number of ether oxygens (including phenoxy) is 1. The Balaban J connectivity index is 2.50. The molecule has 1 aromatic carbocycles. The Labute approximate surface area is 112 Å². The van der Waals surface area contributed by atoms with E-state index >= 15 is 0 Å². The number of aromatic nitrogens is 1. The van der Waals surface area contributed by atoms with Crippen LogP contribution in [-0.2, 0) is 4.74 Å². The summed E-state index contributed by atoms with van der Waals surface area (Å²) in [6, 6.07) is 7.08. The normalized spacial score (nSPS) is 11.6. The number of fused-ring (bicyclic) bond motifs is 1. The first-order valence-corrected chi connectivity index (χ1v) is 6.14. The summed E-state index contributed by atoms with van der Waals surface area (Å²) in [5.41, 5.74) is 0.744. The quantitative estimate of drug-likeness (QED) is 0.735. The smallest absolute Gasteiger partial charge is 0.418 e. The maximum atomic E-state index is 12.1. The van der Waals surface area contributed by atoms with Crippen molar-refractivity contribution in [1.29, 1.82) is 0 Å². The zero-order valence-corrected chi connectivity index (χ0v) is 11.6. The molecule has 0 fully saturated rings. The number of ketones is 1. The molecule has 0 amide bonds. The minimum atomic E-state index is -0.550. The fourth-order valence-electron chi connectivity index (χ4n) is 1.94. The van der Waals surface area contributed by atoms with Gasteiger partial charge in [-0.05, 0) is 39.8 Å². The van der Waals surface area contributed by atoms with Crippen LogP contribution >= 0.6 is 0 Å². The lowest BCUT2D eigenvalue weighted by Gasteiger charge is -2.19. The molecule has 0 spiro atoms. The molecule has 0 saturated heterocycles. The van der Waals surface area contributed by atoms with Gasteiger partial charge in [0, 0.05) is 17.1 Å². The summed E-state index contributed by atoms with van der Waals surface area (Å²) in [5.74, 6) is -0.0208. The maximum absolute atomic E-state index is 12.1. The van der Waals surface area contributed by atoms with E-state index in [0.29, 0.717) is 11.1 Å². The van der Waals surface area contributed by atoms with Crippen LogP contribution in [0.3, 0.4) is 0 Å². The van der Waals surface area contributed by atoms with Crippen LogP contribution < -0.4 is 0 Å². The topological polar surface area (TPSA) is 48.3 Å². The van der Waals surface area contributed by atoms with Crippen LogP contribution in [0.2, 0.25) is 0 Å². The fourth-order valence-corrected chi connectivity index (χ4v) is 1.94. The average Bonchev–Trinajstić information content (AvgIpc) is 2.69. The van der Waals surface area contributed by atoms with Gasteiger partial charge in [-0.15, -0.1) is 0 Å². The van der Waals surface area contributed by atoms with Gasteiger partial charge in [-0.3, -0.25) is 9.36 Å². The van der Waals surface area contributed by atoms with Crippen molar-refractivity contribution in [3.8, 4) is 0 Å². The van der Waals surface area contributed by atoms with Gasteiger partial charge >= 0.3 is 6.09 Å². The number of Topliss-reactive ketones (excluding diaryl/α,β-unsaturated/α-hetero) is 1. The van der Waals surface area contributed by atoms with Gasteiger partial charge < -0.3 is 4.74 Å². The number of hydrogen-bond donors (Lipinski definition) is 0. The highest BCUT2D eigenvalue weighted by Gasteiger charge is 2.19. The highest BCUT2D eigenvalue weighted by Crippen LogP contribution is 2.22. The third kappa shape index (κ3) is 2.67. The van der Waals surface area contributed by atoms with Crippen LogP contribution in [0, 0.1) is 0 Å². The summed E-state index contributed by atoms with van der Waals surface area (Å²) < 4.78 is 6.75. The van der Waals surface area contributed by atoms with Crippen molar-refractivity contribution in [2.45, 2.75) is 33.3 Å². The lowest BCUT2D eigenvalue weighted by molar-refractivity contribution is 0.0544. The van der Waals surface area contributed by atoms with E-state index in [2.05, 4.69) is 0 Å².